The third kappa shape index (κ3) is 3.59. The molecule has 1 saturated heterocycles. The zero-order valence-electron chi connectivity index (χ0n) is 11.8. The van der Waals surface area contributed by atoms with E-state index in [1.807, 2.05) is 11.3 Å². The highest BCUT2D eigenvalue weighted by molar-refractivity contribution is 7.09. The Balaban J connectivity index is 1.32. The van der Waals surface area contributed by atoms with Gasteiger partial charge in [0, 0.05) is 30.6 Å². The summed E-state index contributed by atoms with van der Waals surface area (Å²) in [5.41, 5.74) is 0. The molecule has 3 heteroatoms. The molecule has 1 aliphatic carbocycles. The van der Waals surface area contributed by atoms with Crippen molar-refractivity contribution in [2.45, 2.75) is 44.6 Å². The fourth-order valence-corrected chi connectivity index (χ4v) is 4.50. The molecule has 2 fully saturated rings. The van der Waals surface area contributed by atoms with Crippen molar-refractivity contribution in [3.63, 3.8) is 0 Å². The van der Waals surface area contributed by atoms with Crippen molar-refractivity contribution in [1.29, 1.82) is 0 Å². The zero-order chi connectivity index (χ0) is 12.9. The van der Waals surface area contributed by atoms with Crippen LogP contribution in [-0.4, -0.2) is 37.1 Å². The van der Waals surface area contributed by atoms with Crippen LogP contribution in [0.1, 0.15) is 37.0 Å². The van der Waals surface area contributed by atoms with Gasteiger partial charge in [0.1, 0.15) is 0 Å². The van der Waals surface area contributed by atoms with Crippen molar-refractivity contribution >= 4 is 11.3 Å². The molecule has 1 aliphatic heterocycles. The van der Waals surface area contributed by atoms with Crippen molar-refractivity contribution < 1.29 is 0 Å². The van der Waals surface area contributed by atoms with Gasteiger partial charge in [-0.2, -0.15) is 0 Å². The fourth-order valence-electron chi connectivity index (χ4n) is 3.79. The average Bonchev–Trinajstić information content (AvgIpc) is 3.08. The lowest BCUT2D eigenvalue weighted by Gasteiger charge is -2.31. The van der Waals surface area contributed by atoms with Gasteiger partial charge < -0.3 is 5.32 Å². The Morgan fingerprint density at radius 2 is 2.16 bits per heavy atom. The number of hydrogen-bond donors (Lipinski definition) is 1. The first kappa shape index (κ1) is 13.6. The van der Waals surface area contributed by atoms with Gasteiger partial charge in [0.25, 0.3) is 0 Å². The maximum Gasteiger partial charge on any atom is 0.0124 e. The average molecular weight is 278 g/mol. The molecule has 0 spiro atoms. The summed E-state index contributed by atoms with van der Waals surface area (Å²) in [6.07, 6.45) is 8.54. The Hall–Kier alpha value is -0.380. The van der Waals surface area contributed by atoms with Gasteiger partial charge >= 0.3 is 0 Å². The molecule has 0 aromatic carbocycles. The standard InChI is InChI=1S/C16H26N2S/c1-2-6-16-14(4-1)8-11-18(16)12-10-17-9-7-15-5-3-13-19-15/h3,5,13-14,16-17H,1-2,4,6-12H2. The van der Waals surface area contributed by atoms with E-state index in [0.717, 1.165) is 25.0 Å². The van der Waals surface area contributed by atoms with E-state index in [4.69, 9.17) is 0 Å². The van der Waals surface area contributed by atoms with Gasteiger partial charge in [-0.1, -0.05) is 18.9 Å². The molecule has 1 saturated carbocycles. The summed E-state index contributed by atoms with van der Waals surface area (Å²) in [5.74, 6) is 1.03. The van der Waals surface area contributed by atoms with Gasteiger partial charge in [-0.15, -0.1) is 11.3 Å². The molecule has 3 rings (SSSR count). The monoisotopic (exact) mass is 278 g/mol. The van der Waals surface area contributed by atoms with E-state index < -0.39 is 0 Å². The third-order valence-electron chi connectivity index (χ3n) is 4.83. The number of likely N-dealkylation sites (tertiary alicyclic amines) is 1. The molecule has 1 aromatic heterocycles. The minimum atomic E-state index is 0.924. The van der Waals surface area contributed by atoms with Crippen LogP contribution >= 0.6 is 11.3 Å². The van der Waals surface area contributed by atoms with Gasteiger partial charge in [-0.3, -0.25) is 4.90 Å². The van der Waals surface area contributed by atoms with Crippen LogP contribution in [-0.2, 0) is 6.42 Å². The van der Waals surface area contributed by atoms with Crippen LogP contribution in [0.25, 0.3) is 0 Å². The van der Waals surface area contributed by atoms with Gasteiger partial charge in [0.2, 0.25) is 0 Å². The van der Waals surface area contributed by atoms with E-state index in [1.165, 1.54) is 56.5 Å². The summed E-state index contributed by atoms with van der Waals surface area (Å²) < 4.78 is 0. The molecule has 2 atom stereocenters. The molecular weight excluding hydrogens is 252 g/mol. The summed E-state index contributed by atoms with van der Waals surface area (Å²) in [7, 11) is 0. The van der Waals surface area contributed by atoms with Crippen molar-refractivity contribution in [3.8, 4) is 0 Å². The molecule has 0 amide bonds. The smallest absolute Gasteiger partial charge is 0.0124 e. The van der Waals surface area contributed by atoms with Gasteiger partial charge in [0.15, 0.2) is 0 Å². The number of rotatable bonds is 6. The van der Waals surface area contributed by atoms with Crippen LogP contribution in [0.15, 0.2) is 17.5 Å². The second-order valence-electron chi connectivity index (χ2n) is 6.02. The van der Waals surface area contributed by atoms with Crippen molar-refractivity contribution in [2.75, 3.05) is 26.2 Å². The topological polar surface area (TPSA) is 15.3 Å². The maximum absolute atomic E-state index is 3.61. The lowest BCUT2D eigenvalue weighted by molar-refractivity contribution is 0.183. The second-order valence-corrected chi connectivity index (χ2v) is 7.05. The molecule has 19 heavy (non-hydrogen) atoms. The van der Waals surface area contributed by atoms with Crippen molar-refractivity contribution in [1.82, 2.24) is 10.2 Å². The Morgan fingerprint density at radius 3 is 3.05 bits per heavy atom. The molecule has 0 radical (unpaired) electrons. The summed E-state index contributed by atoms with van der Waals surface area (Å²) in [6, 6.07) is 5.31. The molecule has 1 N–H and O–H groups in total. The molecule has 2 heterocycles. The van der Waals surface area contributed by atoms with E-state index in [9.17, 15) is 0 Å². The van der Waals surface area contributed by atoms with Crippen LogP contribution in [0.5, 0.6) is 0 Å². The second kappa shape index (κ2) is 6.87. The fraction of sp³-hybridized carbons (Fsp3) is 0.750. The Kier molecular flexibility index (Phi) is 4.91. The molecule has 2 nitrogen and oxygen atoms in total. The van der Waals surface area contributed by atoms with Gasteiger partial charge in [0.05, 0.1) is 0 Å². The molecule has 1 aromatic rings. The lowest BCUT2D eigenvalue weighted by Crippen LogP contribution is -2.39. The number of fused-ring (bicyclic) bond motifs is 1. The summed E-state index contributed by atoms with van der Waals surface area (Å²) in [4.78, 5) is 4.25. The highest BCUT2D eigenvalue weighted by Crippen LogP contribution is 2.35. The predicted octanol–water partition coefficient (Wildman–Crippen LogP) is 3.14. The number of nitrogens with one attached hydrogen (secondary N) is 1. The van der Waals surface area contributed by atoms with Crippen LogP contribution in [0.4, 0.5) is 0 Å². The predicted molar refractivity (Wildman–Crippen MR) is 82.8 cm³/mol. The third-order valence-corrected chi connectivity index (χ3v) is 5.77. The first-order chi connectivity index (χ1) is 9.43. The number of thiophene rings is 1. The molecular formula is C16H26N2S. The van der Waals surface area contributed by atoms with Crippen LogP contribution in [0, 0.1) is 5.92 Å². The first-order valence-electron chi connectivity index (χ1n) is 7.90. The Bertz CT molecular complexity index is 363. The molecule has 2 aliphatic rings. The van der Waals surface area contributed by atoms with E-state index in [0.29, 0.717) is 0 Å². The minimum absolute atomic E-state index is 0.924. The van der Waals surface area contributed by atoms with Crippen LogP contribution in [0.3, 0.4) is 0 Å². The lowest BCUT2D eigenvalue weighted by atomic mass is 9.85. The minimum Gasteiger partial charge on any atom is -0.315 e. The number of nitrogens with zero attached hydrogens (tertiary/aromatic N) is 1. The van der Waals surface area contributed by atoms with Crippen molar-refractivity contribution in [2.24, 2.45) is 5.92 Å². The summed E-state index contributed by atoms with van der Waals surface area (Å²) in [5, 5.41) is 5.78. The Labute approximate surface area is 121 Å². The first-order valence-corrected chi connectivity index (χ1v) is 8.78. The highest BCUT2D eigenvalue weighted by Gasteiger charge is 2.34. The highest BCUT2D eigenvalue weighted by atomic mass is 32.1. The zero-order valence-corrected chi connectivity index (χ0v) is 12.6. The Morgan fingerprint density at radius 1 is 1.21 bits per heavy atom. The summed E-state index contributed by atoms with van der Waals surface area (Å²) in [6.45, 7) is 4.89. The van der Waals surface area contributed by atoms with E-state index in [2.05, 4.69) is 27.7 Å². The van der Waals surface area contributed by atoms with Crippen molar-refractivity contribution in [3.05, 3.63) is 22.4 Å². The quantitative estimate of drug-likeness (QED) is 0.804. The van der Waals surface area contributed by atoms with E-state index in [1.54, 1.807) is 0 Å². The van der Waals surface area contributed by atoms with Gasteiger partial charge in [-0.05, 0) is 49.6 Å². The normalized spacial score (nSPS) is 27.6. The number of hydrogen-bond acceptors (Lipinski definition) is 3. The molecule has 0 bridgehead atoms. The molecule has 2 unspecified atom stereocenters. The SMILES string of the molecule is c1csc(CCNCCN2CCC3CCCCC32)c1. The van der Waals surface area contributed by atoms with E-state index >= 15 is 0 Å². The van der Waals surface area contributed by atoms with Gasteiger partial charge in [-0.25, -0.2) is 0 Å². The molecule has 106 valence electrons. The summed E-state index contributed by atoms with van der Waals surface area (Å²) >= 11 is 1.87. The van der Waals surface area contributed by atoms with Crippen LogP contribution in [0.2, 0.25) is 0 Å². The largest absolute Gasteiger partial charge is 0.315 e. The van der Waals surface area contributed by atoms with E-state index in [-0.39, 0.29) is 0 Å². The van der Waals surface area contributed by atoms with Crippen LogP contribution < -0.4 is 5.32 Å². The maximum atomic E-state index is 3.61.